The SMILES string of the molecule is Cc1ccccc1N(c1ccccc1C)c1cc2c(c3oc4c(-c5ccccc5)cccc4c13)-c1ccccc1C2(c1ccccc1)c1ccccc1. The van der Waals surface area contributed by atoms with Crippen molar-refractivity contribution in [2.24, 2.45) is 0 Å². The van der Waals surface area contributed by atoms with E-state index < -0.39 is 5.41 Å². The van der Waals surface area contributed by atoms with Crippen molar-refractivity contribution in [2.75, 3.05) is 4.90 Å². The number of hydrogen-bond acceptors (Lipinski definition) is 2. The van der Waals surface area contributed by atoms with Crippen LogP contribution in [0.2, 0.25) is 0 Å². The quantitative estimate of drug-likeness (QED) is 0.174. The van der Waals surface area contributed by atoms with Gasteiger partial charge in [0.1, 0.15) is 11.2 Å². The van der Waals surface area contributed by atoms with E-state index in [-0.39, 0.29) is 0 Å². The molecule has 1 heterocycles. The summed E-state index contributed by atoms with van der Waals surface area (Å²) >= 11 is 0. The highest BCUT2D eigenvalue weighted by atomic mass is 16.3. The van der Waals surface area contributed by atoms with Gasteiger partial charge in [0.15, 0.2) is 0 Å². The fraction of sp³-hybridized carbons (Fsp3) is 0.0588. The van der Waals surface area contributed by atoms with Gasteiger partial charge < -0.3 is 9.32 Å². The van der Waals surface area contributed by atoms with Crippen LogP contribution < -0.4 is 4.90 Å². The third-order valence-electron chi connectivity index (χ3n) is 11.2. The number of rotatable bonds is 6. The van der Waals surface area contributed by atoms with E-state index in [1.54, 1.807) is 0 Å². The molecule has 0 N–H and O–H groups in total. The van der Waals surface area contributed by atoms with Gasteiger partial charge >= 0.3 is 0 Å². The number of hydrogen-bond donors (Lipinski definition) is 0. The summed E-state index contributed by atoms with van der Waals surface area (Å²) in [5.74, 6) is 0. The Kier molecular flexibility index (Phi) is 7.19. The smallest absolute Gasteiger partial charge is 0.145 e. The predicted molar refractivity (Wildman–Crippen MR) is 221 cm³/mol. The molecular weight excluding hydrogens is 643 g/mol. The molecule has 0 fully saturated rings. The van der Waals surface area contributed by atoms with Crippen LogP contribution in [0.25, 0.3) is 44.2 Å². The average Bonchev–Trinajstić information content (AvgIpc) is 3.75. The van der Waals surface area contributed by atoms with Crippen LogP contribution >= 0.6 is 0 Å². The van der Waals surface area contributed by atoms with Crippen LogP contribution in [0.5, 0.6) is 0 Å². The zero-order valence-electron chi connectivity index (χ0n) is 29.8. The fourth-order valence-electron chi connectivity index (χ4n) is 8.89. The summed E-state index contributed by atoms with van der Waals surface area (Å²) in [6.45, 7) is 4.42. The maximum absolute atomic E-state index is 7.40. The number of fused-ring (bicyclic) bond motifs is 7. The Labute approximate surface area is 310 Å². The molecule has 2 heteroatoms. The first-order valence-electron chi connectivity index (χ1n) is 18.4. The van der Waals surface area contributed by atoms with Gasteiger partial charge in [0.05, 0.1) is 16.5 Å². The summed E-state index contributed by atoms with van der Waals surface area (Å²) in [6.07, 6.45) is 0. The second-order valence-electron chi connectivity index (χ2n) is 14.1. The number of para-hydroxylation sites is 3. The minimum Gasteiger partial charge on any atom is -0.455 e. The van der Waals surface area contributed by atoms with Crippen molar-refractivity contribution in [3.8, 4) is 22.3 Å². The molecule has 1 aliphatic carbocycles. The Morgan fingerprint density at radius 2 is 0.962 bits per heavy atom. The Morgan fingerprint density at radius 3 is 1.58 bits per heavy atom. The largest absolute Gasteiger partial charge is 0.455 e. The van der Waals surface area contributed by atoms with Crippen molar-refractivity contribution in [2.45, 2.75) is 19.3 Å². The first-order valence-corrected chi connectivity index (χ1v) is 18.4. The molecule has 53 heavy (non-hydrogen) atoms. The van der Waals surface area contributed by atoms with Crippen molar-refractivity contribution in [3.63, 3.8) is 0 Å². The maximum atomic E-state index is 7.40. The molecule has 8 aromatic carbocycles. The average molecular weight is 680 g/mol. The van der Waals surface area contributed by atoms with E-state index in [1.165, 1.54) is 38.9 Å². The lowest BCUT2D eigenvalue weighted by Crippen LogP contribution is -2.28. The molecule has 1 aromatic heterocycles. The molecule has 10 rings (SSSR count). The van der Waals surface area contributed by atoms with Gasteiger partial charge in [-0.3, -0.25) is 0 Å². The lowest BCUT2D eigenvalue weighted by Gasteiger charge is -2.35. The standard InChI is InChI=1S/C51H37NO/c1-34-19-12-16-31-44(34)52(45-32-17-13-20-35(45)2)46-33-43-47(50-48(46)41-29-18-28-39(49(41)53-50)36-21-6-3-7-22-36)40-27-14-15-30-42(40)51(43,37-23-8-4-9-24-37)38-25-10-5-11-26-38/h3-33H,1-2H3. The van der Waals surface area contributed by atoms with Gasteiger partial charge in [-0.25, -0.2) is 0 Å². The van der Waals surface area contributed by atoms with E-state index in [0.29, 0.717) is 0 Å². The number of nitrogens with zero attached hydrogens (tertiary/aromatic N) is 1. The van der Waals surface area contributed by atoms with Crippen molar-refractivity contribution in [3.05, 3.63) is 221 Å². The van der Waals surface area contributed by atoms with Crippen LogP contribution in [0.3, 0.4) is 0 Å². The molecular formula is C51H37NO. The molecule has 0 saturated heterocycles. The van der Waals surface area contributed by atoms with Gasteiger partial charge in [0.2, 0.25) is 0 Å². The molecule has 0 unspecified atom stereocenters. The monoisotopic (exact) mass is 679 g/mol. The second-order valence-corrected chi connectivity index (χ2v) is 14.1. The molecule has 0 saturated carbocycles. The minimum atomic E-state index is -0.595. The van der Waals surface area contributed by atoms with Gasteiger partial charge in [0, 0.05) is 27.9 Å². The summed E-state index contributed by atoms with van der Waals surface area (Å²) in [5, 5.41) is 2.20. The first kappa shape index (κ1) is 31.1. The summed E-state index contributed by atoms with van der Waals surface area (Å²) in [4.78, 5) is 2.47. The third kappa shape index (κ3) is 4.59. The van der Waals surface area contributed by atoms with E-state index in [0.717, 1.165) is 55.7 Å². The van der Waals surface area contributed by atoms with Gasteiger partial charge in [-0.05, 0) is 76.6 Å². The van der Waals surface area contributed by atoms with Crippen molar-refractivity contribution in [1.82, 2.24) is 0 Å². The lowest BCUT2D eigenvalue weighted by atomic mass is 9.67. The molecule has 0 spiro atoms. The summed E-state index contributed by atoms with van der Waals surface area (Å²) in [7, 11) is 0. The van der Waals surface area contributed by atoms with Crippen LogP contribution in [-0.2, 0) is 5.41 Å². The Morgan fingerprint density at radius 1 is 0.434 bits per heavy atom. The number of benzene rings is 8. The Bertz CT molecular complexity index is 2710. The lowest BCUT2D eigenvalue weighted by molar-refractivity contribution is 0.670. The maximum Gasteiger partial charge on any atom is 0.145 e. The topological polar surface area (TPSA) is 16.4 Å². The highest BCUT2D eigenvalue weighted by Gasteiger charge is 2.48. The van der Waals surface area contributed by atoms with Crippen molar-refractivity contribution < 1.29 is 4.42 Å². The van der Waals surface area contributed by atoms with E-state index in [9.17, 15) is 0 Å². The highest BCUT2D eigenvalue weighted by molar-refractivity contribution is 6.21. The van der Waals surface area contributed by atoms with E-state index in [1.807, 2.05) is 0 Å². The summed E-state index contributed by atoms with van der Waals surface area (Å²) in [6, 6.07) is 68.1. The van der Waals surface area contributed by atoms with Gasteiger partial charge in [-0.1, -0.05) is 170 Å². The van der Waals surface area contributed by atoms with Crippen LogP contribution in [-0.4, -0.2) is 0 Å². The number of furan rings is 1. The number of anilines is 3. The third-order valence-corrected chi connectivity index (χ3v) is 11.2. The molecule has 252 valence electrons. The summed E-state index contributed by atoms with van der Waals surface area (Å²) in [5.41, 5.74) is 16.5. The van der Waals surface area contributed by atoms with Crippen molar-refractivity contribution in [1.29, 1.82) is 0 Å². The molecule has 0 aliphatic heterocycles. The van der Waals surface area contributed by atoms with Crippen LogP contribution in [0.15, 0.2) is 192 Å². The van der Waals surface area contributed by atoms with Gasteiger partial charge in [-0.15, -0.1) is 0 Å². The van der Waals surface area contributed by atoms with Crippen LogP contribution in [0, 0.1) is 13.8 Å². The zero-order valence-corrected chi connectivity index (χ0v) is 29.8. The molecule has 1 aliphatic rings. The summed E-state index contributed by atoms with van der Waals surface area (Å²) < 4.78 is 7.40. The normalized spacial score (nSPS) is 12.9. The zero-order chi connectivity index (χ0) is 35.5. The molecule has 0 radical (unpaired) electrons. The highest BCUT2D eigenvalue weighted by Crippen LogP contribution is 2.61. The molecule has 9 aromatic rings. The van der Waals surface area contributed by atoms with Crippen LogP contribution in [0.4, 0.5) is 17.1 Å². The minimum absolute atomic E-state index is 0.595. The van der Waals surface area contributed by atoms with E-state index in [4.69, 9.17) is 4.42 Å². The first-order chi connectivity index (χ1) is 26.2. The number of aryl methyl sites for hydroxylation is 2. The van der Waals surface area contributed by atoms with Crippen molar-refractivity contribution >= 4 is 39.0 Å². The van der Waals surface area contributed by atoms with E-state index >= 15 is 0 Å². The predicted octanol–water partition coefficient (Wildman–Crippen LogP) is 13.7. The molecule has 0 amide bonds. The fourth-order valence-corrected chi connectivity index (χ4v) is 8.89. The van der Waals surface area contributed by atoms with E-state index in [2.05, 4.69) is 207 Å². The van der Waals surface area contributed by atoms with Crippen LogP contribution in [0.1, 0.15) is 33.4 Å². The molecule has 0 bridgehead atoms. The second kappa shape index (κ2) is 12.3. The molecule has 2 nitrogen and oxygen atoms in total. The Hall–Kier alpha value is -6.64. The van der Waals surface area contributed by atoms with Gasteiger partial charge in [0.25, 0.3) is 0 Å². The van der Waals surface area contributed by atoms with Gasteiger partial charge in [-0.2, -0.15) is 0 Å². The Balaban J connectivity index is 1.45. The molecule has 0 atom stereocenters.